The Morgan fingerprint density at radius 2 is 1.83 bits per heavy atom. The minimum absolute atomic E-state index is 0.0604. The van der Waals surface area contributed by atoms with Crippen LogP contribution in [0.2, 0.25) is 0 Å². The first-order valence-corrected chi connectivity index (χ1v) is 10.5. The van der Waals surface area contributed by atoms with Crippen molar-refractivity contribution in [1.29, 1.82) is 0 Å². The SMILES string of the molecule is Cc1cc(C)n(-c2cc(N3CC4CN(C(=O)Nc5nccs5)CC4C3)ncn2)n1. The lowest BCUT2D eigenvalue weighted by molar-refractivity contribution is 0.219. The number of thiazole rings is 1. The standard InChI is InChI=1S/C19H22N8OS/c1-12-5-13(2)27(24-12)17-6-16(21-11-22-17)25-7-14-9-26(10-15(14)8-25)19(28)23-18-20-3-4-29-18/h3-6,11,14-15H,7-10H2,1-2H3,(H,20,23,28). The highest BCUT2D eigenvalue weighted by Crippen LogP contribution is 2.34. The summed E-state index contributed by atoms with van der Waals surface area (Å²) in [6.45, 7) is 7.29. The van der Waals surface area contributed by atoms with Crippen molar-refractivity contribution in [1.82, 2.24) is 29.6 Å². The Morgan fingerprint density at radius 3 is 2.48 bits per heavy atom. The number of hydrogen-bond acceptors (Lipinski definition) is 7. The van der Waals surface area contributed by atoms with Gasteiger partial charge in [-0.3, -0.25) is 5.32 Å². The highest BCUT2D eigenvalue weighted by Gasteiger charge is 2.42. The van der Waals surface area contributed by atoms with Gasteiger partial charge in [-0.15, -0.1) is 11.3 Å². The number of likely N-dealkylation sites (tertiary alicyclic amines) is 1. The first-order chi connectivity index (χ1) is 14.1. The number of urea groups is 1. The van der Waals surface area contributed by atoms with Crippen LogP contribution >= 0.6 is 11.3 Å². The normalized spacial score (nSPS) is 20.9. The number of anilines is 2. The second-order valence-electron chi connectivity index (χ2n) is 7.67. The quantitative estimate of drug-likeness (QED) is 0.713. The second kappa shape index (κ2) is 7.11. The maximum Gasteiger partial charge on any atom is 0.323 e. The number of amides is 2. The van der Waals surface area contributed by atoms with Gasteiger partial charge in [0.15, 0.2) is 10.9 Å². The predicted octanol–water partition coefficient (Wildman–Crippen LogP) is 2.34. The highest BCUT2D eigenvalue weighted by atomic mass is 32.1. The molecule has 2 saturated heterocycles. The number of nitrogens with one attached hydrogen (secondary N) is 1. The zero-order valence-corrected chi connectivity index (χ0v) is 17.1. The van der Waals surface area contributed by atoms with Crippen molar-refractivity contribution in [2.45, 2.75) is 13.8 Å². The molecule has 1 N–H and O–H groups in total. The predicted molar refractivity (Wildman–Crippen MR) is 111 cm³/mol. The topological polar surface area (TPSA) is 92.1 Å². The van der Waals surface area contributed by atoms with Crippen molar-refractivity contribution in [2.24, 2.45) is 11.8 Å². The number of carbonyl (C=O) groups excluding carboxylic acids is 1. The van der Waals surface area contributed by atoms with Crippen LogP contribution in [0.3, 0.4) is 0 Å². The van der Waals surface area contributed by atoms with Crippen molar-refractivity contribution in [3.05, 3.63) is 41.4 Å². The molecular weight excluding hydrogens is 388 g/mol. The van der Waals surface area contributed by atoms with E-state index in [0.29, 0.717) is 17.0 Å². The van der Waals surface area contributed by atoms with Crippen molar-refractivity contribution in [2.75, 3.05) is 36.4 Å². The van der Waals surface area contributed by atoms with Gasteiger partial charge in [0.2, 0.25) is 0 Å². The largest absolute Gasteiger partial charge is 0.356 e. The molecule has 10 heteroatoms. The molecule has 3 aromatic rings. The Bertz CT molecular complexity index is 1020. The average molecular weight is 411 g/mol. The average Bonchev–Trinajstić information content (AvgIpc) is 3.45. The molecule has 0 bridgehead atoms. The Morgan fingerprint density at radius 1 is 1.07 bits per heavy atom. The summed E-state index contributed by atoms with van der Waals surface area (Å²) in [5.41, 5.74) is 2.02. The third-order valence-corrected chi connectivity index (χ3v) is 6.30. The van der Waals surface area contributed by atoms with Gasteiger partial charge in [-0.2, -0.15) is 5.10 Å². The molecule has 29 heavy (non-hydrogen) atoms. The fourth-order valence-corrected chi connectivity index (χ4v) is 4.81. The van der Waals surface area contributed by atoms with Gasteiger partial charge in [0.1, 0.15) is 12.1 Å². The Hall–Kier alpha value is -3.01. The van der Waals surface area contributed by atoms with Gasteiger partial charge in [0, 0.05) is 61.4 Å². The van der Waals surface area contributed by atoms with Crippen molar-refractivity contribution >= 4 is 28.3 Å². The summed E-state index contributed by atoms with van der Waals surface area (Å²) >= 11 is 1.43. The number of nitrogens with zero attached hydrogens (tertiary/aromatic N) is 7. The van der Waals surface area contributed by atoms with E-state index < -0.39 is 0 Å². The number of fused-ring (bicyclic) bond motifs is 1. The fourth-order valence-electron chi connectivity index (χ4n) is 4.29. The highest BCUT2D eigenvalue weighted by molar-refractivity contribution is 7.13. The van der Waals surface area contributed by atoms with Crippen molar-refractivity contribution in [3.8, 4) is 5.82 Å². The van der Waals surface area contributed by atoms with Crippen LogP contribution in [-0.4, -0.2) is 61.8 Å². The molecule has 2 atom stereocenters. The van der Waals surface area contributed by atoms with E-state index >= 15 is 0 Å². The van der Waals surface area contributed by atoms with Crippen LogP contribution in [-0.2, 0) is 0 Å². The Kier molecular flexibility index (Phi) is 4.42. The van der Waals surface area contributed by atoms with Crippen LogP contribution in [0.5, 0.6) is 0 Å². The van der Waals surface area contributed by atoms with Crippen LogP contribution in [0, 0.1) is 25.7 Å². The maximum absolute atomic E-state index is 12.5. The summed E-state index contributed by atoms with van der Waals surface area (Å²) < 4.78 is 1.85. The molecule has 0 saturated carbocycles. The van der Waals surface area contributed by atoms with Crippen LogP contribution in [0.4, 0.5) is 15.7 Å². The van der Waals surface area contributed by atoms with Gasteiger partial charge in [-0.05, 0) is 19.9 Å². The molecule has 2 fully saturated rings. The zero-order chi connectivity index (χ0) is 20.0. The van der Waals surface area contributed by atoms with E-state index in [0.717, 1.165) is 49.2 Å². The fraction of sp³-hybridized carbons (Fsp3) is 0.421. The van der Waals surface area contributed by atoms with Crippen LogP contribution in [0.15, 0.2) is 30.0 Å². The van der Waals surface area contributed by atoms with Gasteiger partial charge in [-0.1, -0.05) is 0 Å². The third-order valence-electron chi connectivity index (χ3n) is 5.61. The minimum Gasteiger partial charge on any atom is -0.356 e. The lowest BCUT2D eigenvalue weighted by atomic mass is 10.0. The van der Waals surface area contributed by atoms with E-state index in [9.17, 15) is 4.79 Å². The van der Waals surface area contributed by atoms with Crippen molar-refractivity contribution < 1.29 is 4.79 Å². The zero-order valence-electron chi connectivity index (χ0n) is 16.3. The lowest BCUT2D eigenvalue weighted by Gasteiger charge is -2.22. The first kappa shape index (κ1) is 18.0. The summed E-state index contributed by atoms with van der Waals surface area (Å²) in [6, 6.07) is 3.97. The Labute approximate surface area is 172 Å². The van der Waals surface area contributed by atoms with Crippen LogP contribution in [0.25, 0.3) is 5.82 Å². The Balaban J connectivity index is 1.25. The molecule has 5 rings (SSSR count). The lowest BCUT2D eigenvalue weighted by Crippen LogP contribution is -2.36. The smallest absolute Gasteiger partial charge is 0.323 e. The number of rotatable bonds is 3. The first-order valence-electron chi connectivity index (χ1n) is 9.63. The molecule has 5 heterocycles. The van der Waals surface area contributed by atoms with E-state index in [1.54, 1.807) is 12.5 Å². The molecule has 2 unspecified atom stereocenters. The number of aryl methyl sites for hydroxylation is 2. The molecule has 2 aliphatic heterocycles. The van der Waals surface area contributed by atoms with E-state index in [1.807, 2.05) is 40.9 Å². The molecule has 0 spiro atoms. The molecule has 2 amide bonds. The van der Waals surface area contributed by atoms with Gasteiger partial charge in [0.05, 0.1) is 5.69 Å². The van der Waals surface area contributed by atoms with Gasteiger partial charge < -0.3 is 9.80 Å². The molecular formula is C19H22N8OS. The number of carbonyl (C=O) groups is 1. The molecule has 0 aromatic carbocycles. The molecule has 2 aliphatic rings. The number of hydrogen-bond donors (Lipinski definition) is 1. The monoisotopic (exact) mass is 410 g/mol. The molecule has 3 aromatic heterocycles. The minimum atomic E-state index is -0.0604. The van der Waals surface area contributed by atoms with Gasteiger partial charge in [-0.25, -0.2) is 24.4 Å². The molecule has 0 aliphatic carbocycles. The summed E-state index contributed by atoms with van der Waals surface area (Å²) in [5, 5.41) is 9.90. The molecule has 150 valence electrons. The summed E-state index contributed by atoms with van der Waals surface area (Å²) in [7, 11) is 0. The second-order valence-corrected chi connectivity index (χ2v) is 8.57. The van der Waals surface area contributed by atoms with Crippen LogP contribution in [0.1, 0.15) is 11.4 Å². The third kappa shape index (κ3) is 3.44. The maximum atomic E-state index is 12.5. The van der Waals surface area contributed by atoms with Crippen LogP contribution < -0.4 is 10.2 Å². The molecule has 0 radical (unpaired) electrons. The van der Waals surface area contributed by atoms with Gasteiger partial charge >= 0.3 is 6.03 Å². The van der Waals surface area contributed by atoms with Gasteiger partial charge in [0.25, 0.3) is 0 Å². The van der Waals surface area contributed by atoms with E-state index in [2.05, 4.69) is 30.3 Å². The van der Waals surface area contributed by atoms with E-state index in [1.165, 1.54) is 11.3 Å². The number of aromatic nitrogens is 5. The molecule has 9 nitrogen and oxygen atoms in total. The summed E-state index contributed by atoms with van der Waals surface area (Å²) in [4.78, 5) is 29.7. The van der Waals surface area contributed by atoms with E-state index in [4.69, 9.17) is 0 Å². The van der Waals surface area contributed by atoms with E-state index in [-0.39, 0.29) is 6.03 Å². The van der Waals surface area contributed by atoms with Crippen molar-refractivity contribution in [3.63, 3.8) is 0 Å². The summed E-state index contributed by atoms with van der Waals surface area (Å²) in [6.07, 6.45) is 3.29. The summed E-state index contributed by atoms with van der Waals surface area (Å²) in [5.74, 6) is 2.59.